The van der Waals surface area contributed by atoms with E-state index in [1.54, 1.807) is 6.07 Å². The van der Waals surface area contributed by atoms with Gasteiger partial charge in [-0.3, -0.25) is 4.79 Å². The van der Waals surface area contributed by atoms with E-state index in [9.17, 15) is 4.79 Å². The highest BCUT2D eigenvalue weighted by atomic mass is 79.9. The smallest absolute Gasteiger partial charge is 0.250 e. The topological polar surface area (TPSA) is 64.3 Å². The number of nitrogens with two attached hydrogens (primary N) is 1. The van der Waals surface area contributed by atoms with Crippen molar-refractivity contribution in [2.75, 3.05) is 24.3 Å². The second-order valence-electron chi connectivity index (χ2n) is 4.14. The molecule has 0 aliphatic carbocycles. The van der Waals surface area contributed by atoms with E-state index >= 15 is 0 Å². The first-order chi connectivity index (χ1) is 8.54. The summed E-state index contributed by atoms with van der Waals surface area (Å²) >= 11 is 3.37. The Labute approximate surface area is 116 Å². The van der Waals surface area contributed by atoms with E-state index < -0.39 is 0 Å². The van der Waals surface area contributed by atoms with E-state index in [2.05, 4.69) is 28.2 Å². The number of hydrogen-bond donors (Lipinski definition) is 2. The van der Waals surface area contributed by atoms with Gasteiger partial charge >= 0.3 is 0 Å². The number of hydrogen-bond acceptors (Lipinski definition) is 3. The van der Waals surface area contributed by atoms with Gasteiger partial charge in [0, 0.05) is 11.1 Å². The van der Waals surface area contributed by atoms with Crippen molar-refractivity contribution in [2.45, 2.75) is 26.7 Å². The van der Waals surface area contributed by atoms with Crippen molar-refractivity contribution in [3.63, 3.8) is 0 Å². The summed E-state index contributed by atoms with van der Waals surface area (Å²) in [7, 11) is 0. The van der Waals surface area contributed by atoms with Crippen LogP contribution in [-0.2, 0) is 9.53 Å². The predicted molar refractivity (Wildman–Crippen MR) is 77.6 cm³/mol. The molecule has 0 bridgehead atoms. The molecule has 0 fully saturated rings. The number of anilines is 2. The van der Waals surface area contributed by atoms with Gasteiger partial charge in [0.05, 0.1) is 11.4 Å². The molecule has 0 aliphatic rings. The Balaban J connectivity index is 2.54. The average Bonchev–Trinajstić information content (AvgIpc) is 2.31. The average molecular weight is 315 g/mol. The lowest BCUT2D eigenvalue weighted by atomic mass is 10.2. The van der Waals surface area contributed by atoms with Gasteiger partial charge in [-0.1, -0.05) is 29.3 Å². The fraction of sp³-hybridized carbons (Fsp3) is 0.462. The maximum Gasteiger partial charge on any atom is 0.250 e. The summed E-state index contributed by atoms with van der Waals surface area (Å²) in [6.07, 6.45) is 2.02. The monoisotopic (exact) mass is 314 g/mol. The fourth-order valence-corrected chi connectivity index (χ4v) is 2.03. The standard InChI is InChI=1S/C13H19BrN2O2/c1-3-4-5-18-8-12(17)16-11-7-10(14)6-9(2)13(11)15/h6-7H,3-5,8,15H2,1-2H3,(H,16,17). The molecule has 0 radical (unpaired) electrons. The molecule has 1 aromatic rings. The lowest BCUT2D eigenvalue weighted by Gasteiger charge is -2.11. The number of carbonyl (C=O) groups is 1. The number of carbonyl (C=O) groups excluding carboxylic acids is 1. The number of amides is 1. The summed E-state index contributed by atoms with van der Waals surface area (Å²) in [5.74, 6) is -0.185. The Morgan fingerprint density at radius 1 is 1.50 bits per heavy atom. The van der Waals surface area contributed by atoms with Gasteiger partial charge in [-0.25, -0.2) is 0 Å². The van der Waals surface area contributed by atoms with Crippen molar-refractivity contribution < 1.29 is 9.53 Å². The molecular weight excluding hydrogens is 296 g/mol. The molecule has 4 nitrogen and oxygen atoms in total. The Hall–Kier alpha value is -1.07. The lowest BCUT2D eigenvalue weighted by molar-refractivity contribution is -0.120. The summed E-state index contributed by atoms with van der Waals surface area (Å²) in [5, 5.41) is 2.75. The minimum atomic E-state index is -0.185. The summed E-state index contributed by atoms with van der Waals surface area (Å²) in [4.78, 5) is 11.6. The highest BCUT2D eigenvalue weighted by Gasteiger charge is 2.08. The number of aryl methyl sites for hydroxylation is 1. The number of benzene rings is 1. The van der Waals surface area contributed by atoms with Crippen molar-refractivity contribution in [1.29, 1.82) is 0 Å². The van der Waals surface area contributed by atoms with Crippen molar-refractivity contribution in [2.24, 2.45) is 0 Å². The van der Waals surface area contributed by atoms with Crippen molar-refractivity contribution in [1.82, 2.24) is 0 Å². The Morgan fingerprint density at radius 2 is 2.22 bits per heavy atom. The van der Waals surface area contributed by atoms with Crippen LogP contribution in [0.25, 0.3) is 0 Å². The van der Waals surface area contributed by atoms with Crippen molar-refractivity contribution >= 4 is 33.2 Å². The molecule has 3 N–H and O–H groups in total. The van der Waals surface area contributed by atoms with Gasteiger partial charge in [-0.05, 0) is 31.0 Å². The molecular formula is C13H19BrN2O2. The van der Waals surface area contributed by atoms with Gasteiger partial charge in [0.15, 0.2) is 0 Å². The quantitative estimate of drug-likeness (QED) is 0.626. The first kappa shape index (κ1) is 15.0. The summed E-state index contributed by atoms with van der Waals surface area (Å²) < 4.78 is 6.13. The zero-order valence-electron chi connectivity index (χ0n) is 10.8. The number of rotatable bonds is 6. The Kier molecular flexibility index (Phi) is 6.15. The zero-order chi connectivity index (χ0) is 13.5. The number of ether oxygens (including phenoxy) is 1. The van der Waals surface area contributed by atoms with Gasteiger partial charge in [-0.15, -0.1) is 0 Å². The van der Waals surface area contributed by atoms with Crippen LogP contribution in [0.15, 0.2) is 16.6 Å². The van der Waals surface area contributed by atoms with Gasteiger partial charge < -0.3 is 15.8 Å². The molecule has 0 aliphatic heterocycles. The molecule has 1 aromatic carbocycles. The van der Waals surface area contributed by atoms with Crippen LogP contribution in [0, 0.1) is 6.92 Å². The second-order valence-corrected chi connectivity index (χ2v) is 5.05. The van der Waals surface area contributed by atoms with Crippen LogP contribution in [0.5, 0.6) is 0 Å². The molecule has 0 saturated heterocycles. The largest absolute Gasteiger partial charge is 0.397 e. The van der Waals surface area contributed by atoms with Gasteiger partial charge in [-0.2, -0.15) is 0 Å². The molecule has 0 heterocycles. The number of nitrogen functional groups attached to an aromatic ring is 1. The Morgan fingerprint density at radius 3 is 2.89 bits per heavy atom. The number of nitrogens with one attached hydrogen (secondary N) is 1. The molecule has 0 saturated carbocycles. The van der Waals surface area contributed by atoms with Gasteiger partial charge in [0.1, 0.15) is 6.61 Å². The van der Waals surface area contributed by atoms with Crippen molar-refractivity contribution in [3.05, 3.63) is 22.2 Å². The zero-order valence-corrected chi connectivity index (χ0v) is 12.3. The van der Waals surface area contributed by atoms with E-state index in [0.29, 0.717) is 18.0 Å². The third-order valence-corrected chi connectivity index (χ3v) is 2.96. The van der Waals surface area contributed by atoms with Crippen molar-refractivity contribution in [3.8, 4) is 0 Å². The third kappa shape index (κ3) is 4.66. The molecule has 5 heteroatoms. The molecule has 0 atom stereocenters. The normalized spacial score (nSPS) is 10.4. The number of halogens is 1. The summed E-state index contributed by atoms with van der Waals surface area (Å²) in [5.41, 5.74) is 8.02. The van der Waals surface area contributed by atoms with Crippen LogP contribution in [0.3, 0.4) is 0 Å². The number of unbranched alkanes of at least 4 members (excludes halogenated alkanes) is 1. The minimum absolute atomic E-state index is 0.0605. The third-order valence-electron chi connectivity index (χ3n) is 2.50. The van der Waals surface area contributed by atoms with Gasteiger partial charge in [0.25, 0.3) is 0 Å². The second kappa shape index (κ2) is 7.38. The molecule has 0 spiro atoms. The van der Waals surface area contributed by atoms with E-state index in [0.717, 1.165) is 22.9 Å². The van der Waals surface area contributed by atoms with Crippen LogP contribution in [0.1, 0.15) is 25.3 Å². The fourth-order valence-electron chi connectivity index (χ4n) is 1.46. The molecule has 1 rings (SSSR count). The molecule has 0 aromatic heterocycles. The lowest BCUT2D eigenvalue weighted by Crippen LogP contribution is -2.19. The van der Waals surface area contributed by atoms with Crippen LogP contribution in [0.4, 0.5) is 11.4 Å². The first-order valence-electron chi connectivity index (χ1n) is 5.97. The molecule has 100 valence electrons. The van der Waals surface area contributed by atoms with E-state index in [1.807, 2.05) is 13.0 Å². The van der Waals surface area contributed by atoms with E-state index in [4.69, 9.17) is 10.5 Å². The minimum Gasteiger partial charge on any atom is -0.397 e. The highest BCUT2D eigenvalue weighted by molar-refractivity contribution is 9.10. The van der Waals surface area contributed by atoms with Gasteiger partial charge in [0.2, 0.25) is 5.91 Å². The van der Waals surface area contributed by atoms with Crippen LogP contribution in [0.2, 0.25) is 0 Å². The SMILES string of the molecule is CCCCOCC(=O)Nc1cc(Br)cc(C)c1N. The summed E-state index contributed by atoms with van der Waals surface area (Å²) in [6.45, 7) is 4.64. The van der Waals surface area contributed by atoms with Crippen LogP contribution in [-0.4, -0.2) is 19.1 Å². The molecule has 0 unspecified atom stereocenters. The summed E-state index contributed by atoms with van der Waals surface area (Å²) in [6, 6.07) is 3.69. The van der Waals surface area contributed by atoms with Crippen LogP contribution < -0.4 is 11.1 Å². The van der Waals surface area contributed by atoms with Crippen LogP contribution >= 0.6 is 15.9 Å². The van der Waals surface area contributed by atoms with E-state index in [1.165, 1.54) is 0 Å². The molecule has 18 heavy (non-hydrogen) atoms. The first-order valence-corrected chi connectivity index (χ1v) is 6.77. The Bertz CT molecular complexity index is 422. The maximum atomic E-state index is 11.6. The molecule has 1 amide bonds. The predicted octanol–water partition coefficient (Wildman–Crippen LogP) is 3.09. The van der Waals surface area contributed by atoms with E-state index in [-0.39, 0.29) is 12.5 Å². The highest BCUT2D eigenvalue weighted by Crippen LogP contribution is 2.27. The maximum absolute atomic E-state index is 11.6.